The fourth-order valence-corrected chi connectivity index (χ4v) is 2.40. The van der Waals surface area contributed by atoms with Crippen LogP contribution in [-0.2, 0) is 4.74 Å². The molecule has 8 nitrogen and oxygen atoms in total. The molecule has 0 saturated carbocycles. The highest BCUT2D eigenvalue weighted by Crippen LogP contribution is 2.34. The van der Waals surface area contributed by atoms with Gasteiger partial charge in [0.05, 0.1) is 33.1 Å². The maximum atomic E-state index is 9.24. The van der Waals surface area contributed by atoms with E-state index >= 15 is 0 Å². The van der Waals surface area contributed by atoms with Crippen molar-refractivity contribution in [3.63, 3.8) is 0 Å². The van der Waals surface area contributed by atoms with Crippen molar-refractivity contribution in [2.24, 2.45) is 5.92 Å². The topological polar surface area (TPSA) is 114 Å². The largest absolute Gasteiger partial charge is 0.430 e. The number of hydrogen-bond donors (Lipinski definition) is 3. The molecule has 0 spiro atoms. The van der Waals surface area contributed by atoms with Crippen molar-refractivity contribution in [1.82, 2.24) is 14.5 Å². The van der Waals surface area contributed by atoms with Gasteiger partial charge in [0.25, 0.3) is 0 Å². The molecule has 1 aromatic rings. The van der Waals surface area contributed by atoms with Crippen molar-refractivity contribution in [2.45, 2.75) is 25.7 Å². The number of anilines is 1. The Balaban J connectivity index is 2.28. The van der Waals surface area contributed by atoms with E-state index < -0.39 is 0 Å². The summed E-state index contributed by atoms with van der Waals surface area (Å²) in [5, 5.41) is 9.24. The molecule has 0 radical (unpaired) electrons. The SMILES string of the molecule is CC1CC(n2cnc(C(=[N+]=N)N(C)C)c2N)OC1CO. The zero-order chi connectivity index (χ0) is 14.9. The average Bonchev–Trinajstić information content (AvgIpc) is 2.94. The summed E-state index contributed by atoms with van der Waals surface area (Å²) >= 11 is 0. The van der Waals surface area contributed by atoms with Crippen molar-refractivity contribution < 1.29 is 14.6 Å². The summed E-state index contributed by atoms with van der Waals surface area (Å²) in [6, 6.07) is 0. The molecule has 20 heavy (non-hydrogen) atoms. The molecule has 2 rings (SSSR count). The molecule has 3 atom stereocenters. The van der Waals surface area contributed by atoms with E-state index in [1.807, 2.05) is 6.92 Å². The summed E-state index contributed by atoms with van der Waals surface area (Å²) in [5.41, 5.74) is 13.8. The van der Waals surface area contributed by atoms with E-state index in [-0.39, 0.29) is 24.9 Å². The molecule has 0 aromatic carbocycles. The lowest BCUT2D eigenvalue weighted by Gasteiger charge is -2.14. The Hall–Kier alpha value is -1.89. The molecule has 4 N–H and O–H groups in total. The molecule has 8 heteroatoms. The Morgan fingerprint density at radius 1 is 1.70 bits per heavy atom. The van der Waals surface area contributed by atoms with Crippen LogP contribution in [0, 0.1) is 11.4 Å². The molecule has 1 fully saturated rings. The fourth-order valence-electron chi connectivity index (χ4n) is 2.40. The van der Waals surface area contributed by atoms with Crippen molar-refractivity contribution in [3.05, 3.63) is 12.0 Å². The highest BCUT2D eigenvalue weighted by molar-refractivity contribution is 5.96. The fraction of sp³-hybridized carbons (Fsp3) is 0.667. The van der Waals surface area contributed by atoms with Crippen LogP contribution >= 0.6 is 0 Å². The van der Waals surface area contributed by atoms with Gasteiger partial charge in [0, 0.05) is 0 Å². The molecule has 1 aromatic heterocycles. The molecule has 1 aliphatic rings. The zero-order valence-electron chi connectivity index (χ0n) is 11.9. The van der Waals surface area contributed by atoms with Crippen LogP contribution in [0.15, 0.2) is 6.33 Å². The van der Waals surface area contributed by atoms with Gasteiger partial charge < -0.3 is 15.6 Å². The molecule has 2 heterocycles. The number of rotatable bonds is 3. The summed E-state index contributed by atoms with van der Waals surface area (Å²) in [5.74, 6) is 1.07. The van der Waals surface area contributed by atoms with Gasteiger partial charge in [0.15, 0.2) is 0 Å². The van der Waals surface area contributed by atoms with Gasteiger partial charge in [-0.2, -0.15) is 0 Å². The number of aliphatic hydroxyl groups excluding tert-OH is 1. The highest BCUT2D eigenvalue weighted by Gasteiger charge is 2.35. The second-order valence-electron chi connectivity index (χ2n) is 5.24. The van der Waals surface area contributed by atoms with Gasteiger partial charge in [-0.3, -0.25) is 4.57 Å². The number of aliphatic hydroxyl groups is 1. The molecular weight excluding hydrogens is 260 g/mol. The predicted octanol–water partition coefficient (Wildman–Crippen LogP) is -0.0714. The van der Waals surface area contributed by atoms with Crippen LogP contribution in [0.4, 0.5) is 5.82 Å². The van der Waals surface area contributed by atoms with Gasteiger partial charge in [-0.15, -0.1) is 0 Å². The summed E-state index contributed by atoms with van der Waals surface area (Å²) in [6.07, 6.45) is 1.94. The van der Waals surface area contributed by atoms with Crippen molar-refractivity contribution >= 4 is 11.7 Å². The number of nitrogens with two attached hydrogens (primary N) is 1. The molecule has 1 aliphatic heterocycles. The number of nitrogen functional groups attached to an aromatic ring is 1. The van der Waals surface area contributed by atoms with Crippen LogP contribution in [0.5, 0.6) is 0 Å². The summed E-state index contributed by atoms with van der Waals surface area (Å²) in [6.45, 7) is 2.03. The number of nitrogens with one attached hydrogen (secondary N) is 1. The third kappa shape index (κ3) is 2.40. The van der Waals surface area contributed by atoms with Crippen LogP contribution in [0.1, 0.15) is 25.3 Å². The molecule has 3 unspecified atom stereocenters. The summed E-state index contributed by atoms with van der Waals surface area (Å²) < 4.78 is 7.50. The number of aromatic nitrogens is 2. The Morgan fingerprint density at radius 3 is 2.90 bits per heavy atom. The van der Waals surface area contributed by atoms with E-state index in [0.29, 0.717) is 17.3 Å². The first kappa shape index (κ1) is 14.5. The molecule has 0 aliphatic carbocycles. The molecule has 110 valence electrons. The number of imidazole rings is 1. The molecule has 1 saturated heterocycles. The maximum Gasteiger partial charge on any atom is 0.430 e. The van der Waals surface area contributed by atoms with Crippen molar-refractivity contribution in [1.29, 1.82) is 5.53 Å². The maximum absolute atomic E-state index is 9.24. The number of hydrogen-bond acceptors (Lipinski definition) is 5. The van der Waals surface area contributed by atoms with E-state index in [2.05, 4.69) is 9.77 Å². The van der Waals surface area contributed by atoms with Crippen LogP contribution in [0.2, 0.25) is 0 Å². The van der Waals surface area contributed by atoms with Crippen molar-refractivity contribution in [2.75, 3.05) is 26.4 Å². The Bertz CT molecular complexity index is 534. The minimum atomic E-state index is -0.238. The van der Waals surface area contributed by atoms with Crippen LogP contribution in [0.3, 0.4) is 0 Å². The third-order valence-corrected chi connectivity index (χ3v) is 3.60. The Labute approximate surface area is 117 Å². The van der Waals surface area contributed by atoms with E-state index in [1.165, 1.54) is 0 Å². The molecule has 0 amide bonds. The second-order valence-corrected chi connectivity index (χ2v) is 5.24. The number of amidine groups is 1. The van der Waals surface area contributed by atoms with Crippen molar-refractivity contribution in [3.8, 4) is 0 Å². The minimum Gasteiger partial charge on any atom is -0.394 e. The smallest absolute Gasteiger partial charge is 0.394 e. The molecular formula is C12H21N6O2+. The minimum absolute atomic E-state index is 0.00372. The van der Waals surface area contributed by atoms with E-state index in [1.54, 1.807) is 29.9 Å². The van der Waals surface area contributed by atoms with Crippen LogP contribution in [-0.4, -0.2) is 57.0 Å². The third-order valence-electron chi connectivity index (χ3n) is 3.60. The lowest BCUT2D eigenvalue weighted by Crippen LogP contribution is -2.26. The van der Waals surface area contributed by atoms with E-state index in [4.69, 9.17) is 16.0 Å². The Morgan fingerprint density at radius 2 is 2.40 bits per heavy atom. The number of ether oxygens (including phenoxy) is 1. The van der Waals surface area contributed by atoms with Gasteiger partial charge in [0.1, 0.15) is 12.0 Å². The summed E-state index contributed by atoms with van der Waals surface area (Å²) in [4.78, 5) is 9.38. The van der Waals surface area contributed by atoms with E-state index in [9.17, 15) is 5.11 Å². The zero-order valence-corrected chi connectivity index (χ0v) is 11.9. The van der Waals surface area contributed by atoms with Gasteiger partial charge in [-0.05, 0) is 17.9 Å². The second kappa shape index (κ2) is 5.62. The standard InChI is InChI=1S/C12H20N6O2/c1-7-4-9(20-8(7)5-19)18-6-15-10(11(18)13)12(16-14)17(2)3/h6-9,13-14,19H,4-5H2,1-3H3/p+1. The quantitative estimate of drug-likeness (QED) is 0.310. The Kier molecular flexibility index (Phi) is 4.08. The predicted molar refractivity (Wildman–Crippen MR) is 72.2 cm³/mol. The van der Waals surface area contributed by atoms with Gasteiger partial charge in [-0.1, -0.05) is 11.7 Å². The first-order valence-electron chi connectivity index (χ1n) is 6.50. The summed E-state index contributed by atoms with van der Waals surface area (Å²) in [7, 11) is 3.56. The monoisotopic (exact) mass is 281 g/mol. The molecule has 0 bridgehead atoms. The van der Waals surface area contributed by atoms with Crippen LogP contribution in [0.25, 0.3) is 0 Å². The van der Waals surface area contributed by atoms with Gasteiger partial charge in [0.2, 0.25) is 5.69 Å². The normalized spacial score (nSPS) is 25.5. The van der Waals surface area contributed by atoms with Gasteiger partial charge in [-0.25, -0.2) is 9.88 Å². The first-order chi connectivity index (χ1) is 9.49. The van der Waals surface area contributed by atoms with Gasteiger partial charge >= 0.3 is 5.84 Å². The van der Waals surface area contributed by atoms with Crippen LogP contribution < -0.4 is 5.73 Å². The lowest BCUT2D eigenvalue weighted by atomic mass is 10.0. The highest BCUT2D eigenvalue weighted by atomic mass is 16.5. The first-order valence-corrected chi connectivity index (χ1v) is 6.50. The average molecular weight is 281 g/mol. The lowest BCUT2D eigenvalue weighted by molar-refractivity contribution is -0.129. The number of nitrogens with zero attached hydrogens (tertiary/aromatic N) is 4. The van der Waals surface area contributed by atoms with E-state index in [0.717, 1.165) is 6.42 Å².